The van der Waals surface area contributed by atoms with Crippen LogP contribution in [0, 0.1) is 0 Å². The van der Waals surface area contributed by atoms with E-state index in [2.05, 4.69) is 19.2 Å². The van der Waals surface area contributed by atoms with Crippen LogP contribution >= 0.6 is 7.82 Å². The number of rotatable bonds is 37. The van der Waals surface area contributed by atoms with Gasteiger partial charge in [0.25, 0.3) is 0 Å². The molecule has 0 aromatic heterocycles. The van der Waals surface area contributed by atoms with Crippen molar-refractivity contribution >= 4 is 13.7 Å². The standard InChI is InChI=1S/C43H84NO11P/c1-3-5-7-9-11-13-15-17-18-19-21-23-25-27-29-31-33-37(46)44-35(36(45)32-30-28-26-24-22-20-16-14-12-10-8-6-4-2)34-54-56(52,53)55-43-41(50)39(48)38(47)40(49)42(43)51/h30,32,35-36,38-43,45,47-51H,3-29,31,33-34H2,1-2H3,(H,44,46)(H,52,53)/b32-30+/t35-,36+,38?,39+,40?,41?,42?,43?/m0/s1. The molecule has 332 valence electrons. The van der Waals surface area contributed by atoms with Crippen molar-refractivity contribution in [3.63, 3.8) is 0 Å². The Kier molecular flexibility index (Phi) is 32.1. The summed E-state index contributed by atoms with van der Waals surface area (Å²) in [5.41, 5.74) is 0. The molecular weight excluding hydrogens is 737 g/mol. The van der Waals surface area contributed by atoms with Gasteiger partial charge in [-0.3, -0.25) is 13.8 Å². The molecule has 0 radical (unpaired) electrons. The summed E-state index contributed by atoms with van der Waals surface area (Å²) in [7, 11) is -5.07. The van der Waals surface area contributed by atoms with Crippen molar-refractivity contribution in [1.82, 2.24) is 5.32 Å². The Morgan fingerprint density at radius 1 is 0.589 bits per heavy atom. The van der Waals surface area contributed by atoms with Crippen molar-refractivity contribution in [3.05, 3.63) is 12.2 Å². The largest absolute Gasteiger partial charge is 0.472 e. The molecule has 0 aromatic carbocycles. The van der Waals surface area contributed by atoms with Crippen LogP contribution in [0.15, 0.2) is 12.2 Å². The molecule has 1 saturated carbocycles. The first-order valence-electron chi connectivity index (χ1n) is 22.6. The van der Waals surface area contributed by atoms with Crippen LogP contribution in [-0.4, -0.2) is 96.8 Å². The number of amides is 1. The van der Waals surface area contributed by atoms with E-state index in [4.69, 9.17) is 9.05 Å². The van der Waals surface area contributed by atoms with Crippen LogP contribution < -0.4 is 5.32 Å². The maximum Gasteiger partial charge on any atom is 0.472 e. The molecule has 6 unspecified atom stereocenters. The minimum absolute atomic E-state index is 0.218. The van der Waals surface area contributed by atoms with Crippen molar-refractivity contribution < 1.29 is 53.9 Å². The van der Waals surface area contributed by atoms with Gasteiger partial charge in [-0.05, 0) is 19.3 Å². The lowest BCUT2D eigenvalue weighted by atomic mass is 9.85. The van der Waals surface area contributed by atoms with Gasteiger partial charge in [0.15, 0.2) is 0 Å². The Labute approximate surface area is 339 Å². The van der Waals surface area contributed by atoms with Gasteiger partial charge in [-0.15, -0.1) is 0 Å². The fourth-order valence-corrected chi connectivity index (χ4v) is 8.28. The maximum atomic E-state index is 12.9. The predicted molar refractivity (Wildman–Crippen MR) is 223 cm³/mol. The Bertz CT molecular complexity index is 1000. The SMILES string of the molecule is CCCCCCCCCCCCC/C=C/[C@@H](O)[C@H](COP(=O)(O)OC1C(O)C(O)C(O)[C@@H](O)C1O)NC(=O)CCCCCCCCCCCCCCCCCC. The summed E-state index contributed by atoms with van der Waals surface area (Å²) in [6, 6.07) is -1.11. The number of carbonyl (C=O) groups is 1. The number of carbonyl (C=O) groups excluding carboxylic acids is 1. The quantitative estimate of drug-likeness (QED) is 0.0171. The molecule has 0 bridgehead atoms. The maximum absolute atomic E-state index is 12.9. The number of phosphoric ester groups is 1. The van der Waals surface area contributed by atoms with E-state index in [0.29, 0.717) is 6.42 Å². The number of hydrogen-bond acceptors (Lipinski definition) is 10. The van der Waals surface area contributed by atoms with E-state index in [-0.39, 0.29) is 12.3 Å². The van der Waals surface area contributed by atoms with Crippen LogP contribution in [0.5, 0.6) is 0 Å². The zero-order valence-electron chi connectivity index (χ0n) is 35.2. The molecule has 8 N–H and O–H groups in total. The summed E-state index contributed by atoms with van der Waals surface area (Å²) in [6.45, 7) is 3.83. The predicted octanol–water partition coefficient (Wildman–Crippen LogP) is 8.06. The zero-order valence-corrected chi connectivity index (χ0v) is 36.1. The molecule has 1 aliphatic carbocycles. The molecule has 0 spiro atoms. The highest BCUT2D eigenvalue weighted by Crippen LogP contribution is 2.47. The third-order valence-corrected chi connectivity index (χ3v) is 12.1. The van der Waals surface area contributed by atoms with E-state index >= 15 is 0 Å². The number of phosphoric acid groups is 1. The van der Waals surface area contributed by atoms with Crippen molar-refractivity contribution in [2.45, 2.75) is 249 Å². The van der Waals surface area contributed by atoms with Crippen LogP contribution in [-0.2, 0) is 18.4 Å². The summed E-state index contributed by atoms with van der Waals surface area (Å²) >= 11 is 0. The Morgan fingerprint density at radius 2 is 0.946 bits per heavy atom. The van der Waals surface area contributed by atoms with Gasteiger partial charge in [0.05, 0.1) is 18.8 Å². The normalized spacial score (nSPS) is 23.7. The highest BCUT2D eigenvalue weighted by atomic mass is 31.2. The number of nitrogens with one attached hydrogen (secondary N) is 1. The number of aliphatic hydroxyl groups is 6. The summed E-state index contributed by atoms with van der Waals surface area (Å²) < 4.78 is 22.9. The first-order valence-corrected chi connectivity index (χ1v) is 24.1. The van der Waals surface area contributed by atoms with Gasteiger partial charge in [0, 0.05) is 6.42 Å². The van der Waals surface area contributed by atoms with Gasteiger partial charge in [0.2, 0.25) is 5.91 Å². The lowest BCUT2D eigenvalue weighted by Gasteiger charge is -2.41. The van der Waals surface area contributed by atoms with E-state index in [1.54, 1.807) is 0 Å². The van der Waals surface area contributed by atoms with E-state index in [1.807, 2.05) is 6.08 Å². The lowest BCUT2D eigenvalue weighted by molar-refractivity contribution is -0.220. The Balaban J connectivity index is 2.50. The van der Waals surface area contributed by atoms with E-state index < -0.39 is 63.2 Å². The summed E-state index contributed by atoms with van der Waals surface area (Å²) in [6.07, 6.45) is 24.2. The molecule has 0 aromatic rings. The van der Waals surface area contributed by atoms with Gasteiger partial charge in [0.1, 0.15) is 36.6 Å². The number of hydrogen-bond donors (Lipinski definition) is 8. The van der Waals surface area contributed by atoms with Crippen LogP contribution in [0.2, 0.25) is 0 Å². The van der Waals surface area contributed by atoms with Gasteiger partial charge in [-0.1, -0.05) is 187 Å². The smallest absolute Gasteiger partial charge is 0.387 e. The topological polar surface area (TPSA) is 206 Å². The van der Waals surface area contributed by atoms with Crippen molar-refractivity contribution in [3.8, 4) is 0 Å². The molecule has 12 nitrogen and oxygen atoms in total. The molecule has 13 heteroatoms. The Morgan fingerprint density at radius 3 is 1.36 bits per heavy atom. The fraction of sp³-hybridized carbons (Fsp3) is 0.930. The molecule has 56 heavy (non-hydrogen) atoms. The second-order valence-electron chi connectivity index (χ2n) is 16.3. The molecule has 0 saturated heterocycles. The van der Waals surface area contributed by atoms with E-state index in [1.165, 1.54) is 134 Å². The third-order valence-electron chi connectivity index (χ3n) is 11.1. The summed E-state index contributed by atoms with van der Waals surface area (Å²) in [4.78, 5) is 23.3. The molecule has 0 heterocycles. The van der Waals surface area contributed by atoms with E-state index in [9.17, 15) is 44.9 Å². The highest BCUT2D eigenvalue weighted by Gasteiger charge is 2.51. The highest BCUT2D eigenvalue weighted by molar-refractivity contribution is 7.47. The fourth-order valence-electron chi connectivity index (χ4n) is 7.31. The van der Waals surface area contributed by atoms with Crippen LogP contribution in [0.1, 0.15) is 200 Å². The molecule has 1 amide bonds. The monoisotopic (exact) mass is 822 g/mol. The number of aliphatic hydroxyl groups excluding tert-OH is 6. The zero-order chi connectivity index (χ0) is 41.4. The minimum atomic E-state index is -5.07. The molecule has 1 aliphatic rings. The molecule has 1 rings (SSSR count). The minimum Gasteiger partial charge on any atom is -0.387 e. The second-order valence-corrected chi connectivity index (χ2v) is 17.7. The van der Waals surface area contributed by atoms with Crippen LogP contribution in [0.25, 0.3) is 0 Å². The van der Waals surface area contributed by atoms with Crippen molar-refractivity contribution in [2.75, 3.05) is 6.61 Å². The molecule has 0 aliphatic heterocycles. The van der Waals surface area contributed by atoms with Gasteiger partial charge in [-0.25, -0.2) is 4.57 Å². The van der Waals surface area contributed by atoms with E-state index in [0.717, 1.165) is 44.9 Å². The van der Waals surface area contributed by atoms with Crippen molar-refractivity contribution in [2.24, 2.45) is 0 Å². The summed E-state index contributed by atoms with van der Waals surface area (Å²) in [5.74, 6) is -0.339. The van der Waals surface area contributed by atoms with Gasteiger partial charge < -0.3 is 40.8 Å². The van der Waals surface area contributed by atoms with Gasteiger partial charge >= 0.3 is 7.82 Å². The van der Waals surface area contributed by atoms with Gasteiger partial charge in [-0.2, -0.15) is 0 Å². The molecule has 1 fully saturated rings. The molecular formula is C43H84NO11P. The average molecular weight is 822 g/mol. The number of unbranched alkanes of at least 4 members (excludes halogenated alkanes) is 26. The molecule has 9 atom stereocenters. The van der Waals surface area contributed by atoms with Crippen LogP contribution in [0.3, 0.4) is 0 Å². The first kappa shape index (κ1) is 53.1. The lowest BCUT2D eigenvalue weighted by Crippen LogP contribution is -2.64. The number of allylic oxidation sites excluding steroid dienone is 1. The third kappa shape index (κ3) is 25.5. The van der Waals surface area contributed by atoms with Crippen molar-refractivity contribution in [1.29, 1.82) is 0 Å². The first-order chi connectivity index (χ1) is 26.9. The second kappa shape index (κ2) is 33.9. The summed E-state index contributed by atoms with van der Waals surface area (Å²) in [5, 5.41) is 63.9. The average Bonchev–Trinajstić information content (AvgIpc) is 3.18. The van der Waals surface area contributed by atoms with Crippen LogP contribution in [0.4, 0.5) is 0 Å². The Hall–Kier alpha value is -0.920.